The minimum Gasteiger partial charge on any atom is -0.497 e. The summed E-state index contributed by atoms with van der Waals surface area (Å²) >= 11 is 0. The van der Waals surface area contributed by atoms with Crippen LogP contribution >= 0.6 is 0 Å². The number of fused-ring (bicyclic) bond motifs is 1. The lowest BCUT2D eigenvalue weighted by molar-refractivity contribution is -0.0230. The number of carbonyl (C=O) groups is 1. The van der Waals surface area contributed by atoms with E-state index in [9.17, 15) is 4.79 Å². The van der Waals surface area contributed by atoms with E-state index in [1.54, 1.807) is 30.3 Å². The zero-order valence-corrected chi connectivity index (χ0v) is 14.5. The quantitative estimate of drug-likeness (QED) is 0.727. The van der Waals surface area contributed by atoms with Gasteiger partial charge in [0.2, 0.25) is 0 Å². The Morgan fingerprint density at radius 3 is 2.85 bits per heavy atom. The average Bonchev–Trinajstić information content (AvgIpc) is 2.73. The SMILES string of the molecule is COc1ccc2cc([C@@H]3CN(C(=O)c4cccnn4)CCO3)ccc2c1. The van der Waals surface area contributed by atoms with Crippen LogP contribution in [0.2, 0.25) is 0 Å². The van der Waals surface area contributed by atoms with Gasteiger partial charge in [0.1, 0.15) is 11.9 Å². The molecular formula is C20H19N3O3. The van der Waals surface area contributed by atoms with Crippen LogP contribution in [0.1, 0.15) is 22.2 Å². The first-order valence-electron chi connectivity index (χ1n) is 8.51. The predicted octanol–water partition coefficient (Wildman–Crippen LogP) is 2.85. The van der Waals surface area contributed by atoms with E-state index in [2.05, 4.69) is 22.3 Å². The van der Waals surface area contributed by atoms with Gasteiger partial charge < -0.3 is 14.4 Å². The summed E-state index contributed by atoms with van der Waals surface area (Å²) in [7, 11) is 1.66. The monoisotopic (exact) mass is 349 g/mol. The van der Waals surface area contributed by atoms with Crippen molar-refractivity contribution in [1.82, 2.24) is 15.1 Å². The number of hydrogen-bond donors (Lipinski definition) is 0. The third-order valence-electron chi connectivity index (χ3n) is 4.59. The fourth-order valence-electron chi connectivity index (χ4n) is 3.18. The summed E-state index contributed by atoms with van der Waals surface area (Å²) in [6, 6.07) is 15.6. The molecule has 0 spiro atoms. The molecule has 0 aliphatic carbocycles. The molecule has 1 fully saturated rings. The van der Waals surface area contributed by atoms with Crippen LogP contribution in [0.15, 0.2) is 54.7 Å². The maximum absolute atomic E-state index is 12.6. The summed E-state index contributed by atoms with van der Waals surface area (Å²) in [5.74, 6) is 0.719. The first-order chi connectivity index (χ1) is 12.7. The van der Waals surface area contributed by atoms with Gasteiger partial charge in [-0.15, -0.1) is 5.10 Å². The van der Waals surface area contributed by atoms with Crippen molar-refractivity contribution in [3.8, 4) is 5.75 Å². The number of rotatable bonds is 3. The van der Waals surface area contributed by atoms with E-state index in [4.69, 9.17) is 9.47 Å². The molecule has 1 aliphatic rings. The molecule has 2 aromatic carbocycles. The lowest BCUT2D eigenvalue weighted by Crippen LogP contribution is -2.42. The van der Waals surface area contributed by atoms with E-state index in [-0.39, 0.29) is 12.0 Å². The molecule has 0 bridgehead atoms. The van der Waals surface area contributed by atoms with Crippen molar-refractivity contribution >= 4 is 16.7 Å². The highest BCUT2D eigenvalue weighted by atomic mass is 16.5. The molecule has 1 aromatic heterocycles. The number of ether oxygens (including phenoxy) is 2. The van der Waals surface area contributed by atoms with Gasteiger partial charge in [0.25, 0.3) is 5.91 Å². The normalized spacial score (nSPS) is 17.3. The van der Waals surface area contributed by atoms with Crippen LogP contribution in [0, 0.1) is 0 Å². The molecule has 0 radical (unpaired) electrons. The molecule has 2 heterocycles. The van der Waals surface area contributed by atoms with E-state index in [0.717, 1.165) is 22.1 Å². The van der Waals surface area contributed by atoms with Crippen LogP contribution in [0.25, 0.3) is 10.8 Å². The Bertz CT molecular complexity index is 930. The molecule has 132 valence electrons. The predicted molar refractivity (Wildman–Crippen MR) is 97.1 cm³/mol. The van der Waals surface area contributed by atoms with Crippen molar-refractivity contribution < 1.29 is 14.3 Å². The smallest absolute Gasteiger partial charge is 0.274 e. The van der Waals surface area contributed by atoms with Crippen LogP contribution in [0.5, 0.6) is 5.75 Å². The third-order valence-corrected chi connectivity index (χ3v) is 4.59. The van der Waals surface area contributed by atoms with Gasteiger partial charge in [-0.3, -0.25) is 4.79 Å². The molecule has 1 amide bonds. The van der Waals surface area contributed by atoms with Gasteiger partial charge in [0.05, 0.1) is 20.3 Å². The van der Waals surface area contributed by atoms with Crippen molar-refractivity contribution in [2.75, 3.05) is 26.8 Å². The summed E-state index contributed by atoms with van der Waals surface area (Å²) < 4.78 is 11.2. The molecule has 1 atom stereocenters. The van der Waals surface area contributed by atoms with Gasteiger partial charge in [-0.05, 0) is 46.7 Å². The number of methoxy groups -OCH3 is 1. The van der Waals surface area contributed by atoms with Crippen LogP contribution < -0.4 is 4.74 Å². The number of aromatic nitrogens is 2. The Morgan fingerprint density at radius 2 is 2.04 bits per heavy atom. The minimum atomic E-state index is -0.157. The van der Waals surface area contributed by atoms with Gasteiger partial charge in [0, 0.05) is 12.7 Å². The molecule has 0 N–H and O–H groups in total. The lowest BCUT2D eigenvalue weighted by atomic mass is 10.0. The van der Waals surface area contributed by atoms with Gasteiger partial charge in [-0.25, -0.2) is 0 Å². The fraction of sp³-hybridized carbons (Fsp3) is 0.250. The number of nitrogens with zero attached hydrogens (tertiary/aromatic N) is 3. The summed E-state index contributed by atoms with van der Waals surface area (Å²) in [4.78, 5) is 14.4. The maximum atomic E-state index is 12.6. The first kappa shape index (κ1) is 16.5. The zero-order chi connectivity index (χ0) is 17.9. The maximum Gasteiger partial charge on any atom is 0.274 e. The number of morpholine rings is 1. The van der Waals surface area contributed by atoms with E-state index in [0.29, 0.717) is 25.4 Å². The van der Waals surface area contributed by atoms with E-state index >= 15 is 0 Å². The molecule has 6 heteroatoms. The van der Waals surface area contributed by atoms with Gasteiger partial charge in [0.15, 0.2) is 5.69 Å². The molecule has 6 nitrogen and oxygen atoms in total. The summed E-state index contributed by atoms with van der Waals surface area (Å²) in [5, 5.41) is 9.92. The summed E-state index contributed by atoms with van der Waals surface area (Å²) in [5.41, 5.74) is 1.41. The van der Waals surface area contributed by atoms with Crippen molar-refractivity contribution in [2.24, 2.45) is 0 Å². The Labute approximate surface area is 151 Å². The summed E-state index contributed by atoms with van der Waals surface area (Å²) in [6.45, 7) is 1.55. The highest BCUT2D eigenvalue weighted by molar-refractivity contribution is 5.92. The van der Waals surface area contributed by atoms with E-state index in [1.165, 1.54) is 0 Å². The second-order valence-electron chi connectivity index (χ2n) is 6.19. The number of carbonyl (C=O) groups excluding carboxylic acids is 1. The summed E-state index contributed by atoms with van der Waals surface area (Å²) in [6.07, 6.45) is 1.40. The number of benzene rings is 2. The van der Waals surface area contributed by atoms with Crippen molar-refractivity contribution in [1.29, 1.82) is 0 Å². The number of amides is 1. The van der Waals surface area contributed by atoms with Crippen LogP contribution in [-0.2, 0) is 4.74 Å². The molecule has 4 rings (SSSR count). The zero-order valence-electron chi connectivity index (χ0n) is 14.5. The average molecular weight is 349 g/mol. The highest BCUT2D eigenvalue weighted by Gasteiger charge is 2.27. The van der Waals surface area contributed by atoms with E-state index in [1.807, 2.05) is 24.3 Å². The molecular weight excluding hydrogens is 330 g/mol. The molecule has 3 aromatic rings. The molecule has 26 heavy (non-hydrogen) atoms. The van der Waals surface area contributed by atoms with Crippen LogP contribution in [0.4, 0.5) is 0 Å². The second kappa shape index (κ2) is 7.09. The minimum absolute atomic E-state index is 0.114. The Hall–Kier alpha value is -2.99. The van der Waals surface area contributed by atoms with Crippen molar-refractivity contribution in [3.05, 3.63) is 66.0 Å². The Morgan fingerprint density at radius 1 is 1.19 bits per heavy atom. The number of hydrogen-bond acceptors (Lipinski definition) is 5. The Kier molecular flexibility index (Phi) is 4.50. The van der Waals surface area contributed by atoms with Gasteiger partial charge in [-0.2, -0.15) is 5.10 Å². The standard InChI is InChI=1S/C20H19N3O3/c1-25-17-7-6-14-11-16(5-4-15(14)12-17)19-13-23(9-10-26-19)20(24)18-3-2-8-21-22-18/h2-8,11-12,19H,9-10,13H2,1H3/t19-/m0/s1. The lowest BCUT2D eigenvalue weighted by Gasteiger charge is -2.33. The molecule has 0 unspecified atom stereocenters. The fourth-order valence-corrected chi connectivity index (χ4v) is 3.18. The van der Waals surface area contributed by atoms with E-state index < -0.39 is 0 Å². The largest absolute Gasteiger partial charge is 0.497 e. The highest BCUT2D eigenvalue weighted by Crippen LogP contribution is 2.28. The van der Waals surface area contributed by atoms with Crippen molar-refractivity contribution in [2.45, 2.75) is 6.10 Å². The van der Waals surface area contributed by atoms with Gasteiger partial charge >= 0.3 is 0 Å². The third kappa shape index (κ3) is 3.23. The molecule has 1 aliphatic heterocycles. The molecule has 0 saturated carbocycles. The first-order valence-corrected chi connectivity index (χ1v) is 8.51. The van der Waals surface area contributed by atoms with Crippen LogP contribution in [0.3, 0.4) is 0 Å². The second-order valence-corrected chi connectivity index (χ2v) is 6.19. The van der Waals surface area contributed by atoms with Gasteiger partial charge in [-0.1, -0.05) is 18.2 Å². The van der Waals surface area contributed by atoms with Crippen molar-refractivity contribution in [3.63, 3.8) is 0 Å². The Balaban J connectivity index is 1.56. The topological polar surface area (TPSA) is 64.5 Å². The molecule has 1 saturated heterocycles. The van der Waals surface area contributed by atoms with Crippen LogP contribution in [-0.4, -0.2) is 47.8 Å².